The van der Waals surface area contributed by atoms with Gasteiger partial charge in [0.05, 0.1) is 30.1 Å². The number of rotatable bonds is 6. The summed E-state index contributed by atoms with van der Waals surface area (Å²) >= 11 is 6.23. The van der Waals surface area contributed by atoms with Crippen LogP contribution in [-0.2, 0) is 6.61 Å². The molecular formula is C17H19ClN4O2. The van der Waals surface area contributed by atoms with Crippen molar-refractivity contribution in [3.05, 3.63) is 47.2 Å². The van der Waals surface area contributed by atoms with Crippen LogP contribution in [0, 0.1) is 0 Å². The van der Waals surface area contributed by atoms with Crippen LogP contribution in [0.5, 0.6) is 5.75 Å². The van der Waals surface area contributed by atoms with Crippen molar-refractivity contribution >= 4 is 22.9 Å². The van der Waals surface area contributed by atoms with Gasteiger partial charge in [-0.1, -0.05) is 11.6 Å². The Labute approximate surface area is 144 Å². The number of imidazole rings is 1. The number of benzene rings is 1. The van der Waals surface area contributed by atoms with Gasteiger partial charge in [0.1, 0.15) is 11.4 Å². The molecule has 4 N–H and O–H groups in total. The summed E-state index contributed by atoms with van der Waals surface area (Å²) in [6.07, 6.45) is 3.85. The third-order valence-electron chi connectivity index (χ3n) is 3.75. The molecule has 6 nitrogen and oxygen atoms in total. The highest BCUT2D eigenvalue weighted by atomic mass is 35.5. The number of nitrogens with zero attached hydrogens (tertiary/aromatic N) is 2. The molecule has 0 fully saturated rings. The Balaban J connectivity index is 2.04. The van der Waals surface area contributed by atoms with Crippen LogP contribution in [0.4, 0.5) is 5.69 Å². The van der Waals surface area contributed by atoms with E-state index in [0.29, 0.717) is 29.4 Å². The first kappa shape index (κ1) is 16.6. The molecule has 24 heavy (non-hydrogen) atoms. The summed E-state index contributed by atoms with van der Waals surface area (Å²) in [5.41, 5.74) is 9.51. The van der Waals surface area contributed by atoms with E-state index >= 15 is 0 Å². The molecule has 2 heterocycles. The summed E-state index contributed by atoms with van der Waals surface area (Å²) in [7, 11) is 1.54. The van der Waals surface area contributed by atoms with Crippen LogP contribution in [0.25, 0.3) is 16.9 Å². The molecule has 126 valence electrons. The number of hydrogen-bond acceptors (Lipinski definition) is 5. The molecule has 0 saturated heterocycles. The lowest BCUT2D eigenvalue weighted by Crippen LogP contribution is -2.13. The molecule has 0 atom stereocenters. The molecule has 0 radical (unpaired) electrons. The highest BCUT2D eigenvalue weighted by Crippen LogP contribution is 2.33. The summed E-state index contributed by atoms with van der Waals surface area (Å²) in [5, 5.41) is 13.4. The van der Waals surface area contributed by atoms with Crippen LogP contribution < -0.4 is 15.8 Å². The molecule has 7 heteroatoms. The Bertz CT molecular complexity index is 863. The van der Waals surface area contributed by atoms with Gasteiger partial charge < -0.3 is 25.3 Å². The monoisotopic (exact) mass is 346 g/mol. The second-order valence-corrected chi connectivity index (χ2v) is 5.73. The average Bonchev–Trinajstić information content (AvgIpc) is 3.02. The number of hydrogen-bond donors (Lipinski definition) is 3. The van der Waals surface area contributed by atoms with Gasteiger partial charge in [0.2, 0.25) is 0 Å². The summed E-state index contributed by atoms with van der Waals surface area (Å²) in [6, 6.07) is 7.37. The fourth-order valence-corrected chi connectivity index (χ4v) is 2.80. The highest BCUT2D eigenvalue weighted by molar-refractivity contribution is 6.32. The lowest BCUT2D eigenvalue weighted by molar-refractivity contribution is 0.281. The van der Waals surface area contributed by atoms with Crippen molar-refractivity contribution in [3.63, 3.8) is 0 Å². The van der Waals surface area contributed by atoms with Gasteiger partial charge >= 0.3 is 0 Å². The molecule has 1 aromatic carbocycles. The van der Waals surface area contributed by atoms with Crippen LogP contribution in [0.1, 0.15) is 5.56 Å². The van der Waals surface area contributed by atoms with Crippen molar-refractivity contribution in [1.82, 2.24) is 9.38 Å². The number of aliphatic hydroxyl groups is 1. The van der Waals surface area contributed by atoms with Crippen LogP contribution in [-0.4, -0.2) is 34.7 Å². The van der Waals surface area contributed by atoms with E-state index in [2.05, 4.69) is 10.3 Å². The van der Waals surface area contributed by atoms with Crippen LogP contribution in [0.2, 0.25) is 5.02 Å². The molecule has 0 aliphatic heterocycles. The minimum Gasteiger partial charge on any atom is -0.495 e. The SMILES string of the molecule is COc1cc(CO)c(-c2cn3cc(NCCN)ccc3n2)cc1Cl. The Hall–Kier alpha value is -2.28. The number of halogens is 1. The second-order valence-electron chi connectivity index (χ2n) is 5.33. The normalized spacial score (nSPS) is 11.0. The quantitative estimate of drug-likeness (QED) is 0.638. The number of methoxy groups -OCH3 is 1. The standard InChI is InChI=1S/C17H19ClN4O2/c1-24-16-6-11(10-23)13(7-14(16)18)15-9-22-8-12(20-5-4-19)2-3-17(22)21-15/h2-3,6-9,20,23H,4-5,10,19H2,1H3. The number of aliphatic hydroxyl groups excluding tert-OH is 1. The maximum atomic E-state index is 9.65. The van der Waals surface area contributed by atoms with Gasteiger partial charge in [0, 0.05) is 31.0 Å². The number of fused-ring (bicyclic) bond motifs is 1. The lowest BCUT2D eigenvalue weighted by Gasteiger charge is -2.09. The fourth-order valence-electron chi connectivity index (χ4n) is 2.56. The van der Waals surface area contributed by atoms with Crippen LogP contribution in [0.15, 0.2) is 36.7 Å². The zero-order valence-corrected chi connectivity index (χ0v) is 14.0. The summed E-state index contributed by atoms with van der Waals surface area (Å²) in [6.45, 7) is 1.15. The van der Waals surface area contributed by atoms with Crippen molar-refractivity contribution in [3.8, 4) is 17.0 Å². The number of ether oxygens (including phenoxy) is 1. The molecule has 0 unspecified atom stereocenters. The van der Waals surface area contributed by atoms with Crippen molar-refractivity contribution < 1.29 is 9.84 Å². The first-order valence-corrected chi connectivity index (χ1v) is 7.94. The molecule has 3 rings (SSSR count). The largest absolute Gasteiger partial charge is 0.495 e. The minimum atomic E-state index is -0.125. The van der Waals surface area contributed by atoms with E-state index in [9.17, 15) is 5.11 Å². The molecule has 0 amide bonds. The van der Waals surface area contributed by atoms with Crippen molar-refractivity contribution in [2.45, 2.75) is 6.61 Å². The Morgan fingerprint density at radius 3 is 2.88 bits per heavy atom. The molecule has 0 spiro atoms. The van der Waals surface area contributed by atoms with Gasteiger partial charge in [-0.05, 0) is 29.8 Å². The number of pyridine rings is 1. The topological polar surface area (TPSA) is 84.8 Å². The molecular weight excluding hydrogens is 328 g/mol. The zero-order valence-electron chi connectivity index (χ0n) is 13.3. The van der Waals surface area contributed by atoms with E-state index in [4.69, 9.17) is 22.1 Å². The third-order valence-corrected chi connectivity index (χ3v) is 4.04. The molecule has 0 aliphatic carbocycles. The first-order chi connectivity index (χ1) is 11.7. The lowest BCUT2D eigenvalue weighted by atomic mass is 10.1. The molecule has 0 bridgehead atoms. The predicted molar refractivity (Wildman–Crippen MR) is 95.7 cm³/mol. The van der Waals surface area contributed by atoms with Gasteiger partial charge in [-0.15, -0.1) is 0 Å². The van der Waals surface area contributed by atoms with Crippen molar-refractivity contribution in [2.24, 2.45) is 5.73 Å². The van der Waals surface area contributed by atoms with Crippen molar-refractivity contribution in [2.75, 3.05) is 25.5 Å². The van der Waals surface area contributed by atoms with E-state index < -0.39 is 0 Å². The number of aromatic nitrogens is 2. The second kappa shape index (κ2) is 7.09. The Kier molecular flexibility index (Phi) is 4.89. The Morgan fingerprint density at radius 2 is 2.17 bits per heavy atom. The summed E-state index contributed by atoms with van der Waals surface area (Å²) in [4.78, 5) is 4.61. The zero-order chi connectivity index (χ0) is 17.1. The average molecular weight is 347 g/mol. The molecule has 0 aliphatic rings. The van der Waals surface area contributed by atoms with E-state index in [1.54, 1.807) is 19.2 Å². The first-order valence-electron chi connectivity index (χ1n) is 7.56. The molecule has 3 aromatic rings. The van der Waals surface area contributed by atoms with Crippen LogP contribution in [0.3, 0.4) is 0 Å². The van der Waals surface area contributed by atoms with Gasteiger partial charge in [0.25, 0.3) is 0 Å². The van der Waals surface area contributed by atoms with E-state index in [1.807, 2.05) is 28.9 Å². The predicted octanol–water partition coefficient (Wildman–Crippen LogP) is 2.53. The third kappa shape index (κ3) is 3.17. The number of nitrogens with one attached hydrogen (secondary N) is 1. The molecule has 0 saturated carbocycles. The summed E-state index contributed by atoms with van der Waals surface area (Å²) in [5.74, 6) is 0.529. The maximum Gasteiger partial charge on any atom is 0.137 e. The van der Waals surface area contributed by atoms with E-state index in [1.165, 1.54) is 0 Å². The number of nitrogens with two attached hydrogens (primary N) is 1. The smallest absolute Gasteiger partial charge is 0.137 e. The fraction of sp³-hybridized carbons (Fsp3) is 0.235. The minimum absolute atomic E-state index is 0.125. The Morgan fingerprint density at radius 1 is 1.33 bits per heavy atom. The van der Waals surface area contributed by atoms with Crippen LogP contribution >= 0.6 is 11.6 Å². The number of anilines is 1. The van der Waals surface area contributed by atoms with Gasteiger partial charge in [-0.25, -0.2) is 4.98 Å². The van der Waals surface area contributed by atoms with E-state index in [0.717, 1.165) is 22.6 Å². The van der Waals surface area contributed by atoms with Gasteiger partial charge in [0.15, 0.2) is 0 Å². The highest BCUT2D eigenvalue weighted by Gasteiger charge is 2.13. The van der Waals surface area contributed by atoms with Crippen molar-refractivity contribution in [1.29, 1.82) is 0 Å². The van der Waals surface area contributed by atoms with E-state index in [-0.39, 0.29) is 6.61 Å². The van der Waals surface area contributed by atoms with Gasteiger partial charge in [-0.3, -0.25) is 0 Å². The summed E-state index contributed by atoms with van der Waals surface area (Å²) < 4.78 is 7.13. The molecule has 2 aromatic heterocycles. The van der Waals surface area contributed by atoms with Gasteiger partial charge in [-0.2, -0.15) is 0 Å². The maximum absolute atomic E-state index is 9.65.